The average molecular weight is 200 g/mol. The molecule has 0 aliphatic carbocycles. The minimum Gasteiger partial charge on any atom is -0.478 e. The predicted molar refractivity (Wildman–Crippen MR) is 54.6 cm³/mol. The number of hydrogen-bond acceptors (Lipinski definition) is 2. The van der Waals surface area contributed by atoms with Gasteiger partial charge in [0, 0.05) is 18.0 Å². The van der Waals surface area contributed by atoms with Crippen LogP contribution in [0.4, 0.5) is 0 Å². The topological polar surface area (TPSA) is 66.0 Å². The van der Waals surface area contributed by atoms with Gasteiger partial charge in [0.15, 0.2) is 0 Å². The lowest BCUT2D eigenvalue weighted by Gasteiger charge is -1.94. The molecule has 1 aromatic carbocycles. The van der Waals surface area contributed by atoms with Crippen molar-refractivity contribution in [3.8, 4) is 6.07 Å². The Morgan fingerprint density at radius 3 is 2.73 bits per heavy atom. The van der Waals surface area contributed by atoms with Crippen molar-refractivity contribution in [3.05, 3.63) is 35.5 Å². The van der Waals surface area contributed by atoms with Crippen LogP contribution in [0.25, 0.3) is 10.9 Å². The van der Waals surface area contributed by atoms with Gasteiger partial charge in [-0.3, -0.25) is 0 Å². The normalized spacial score (nSPS) is 10.1. The zero-order valence-corrected chi connectivity index (χ0v) is 8.06. The number of aryl methyl sites for hydroxylation is 1. The summed E-state index contributed by atoms with van der Waals surface area (Å²) in [6.07, 6.45) is 0. The van der Waals surface area contributed by atoms with Gasteiger partial charge in [-0.1, -0.05) is 18.2 Å². The maximum Gasteiger partial charge on any atom is 0.339 e. The van der Waals surface area contributed by atoms with Crippen molar-refractivity contribution in [1.82, 2.24) is 4.57 Å². The number of fused-ring (bicyclic) bond motifs is 1. The summed E-state index contributed by atoms with van der Waals surface area (Å²) in [6.45, 7) is 0. The fourth-order valence-electron chi connectivity index (χ4n) is 1.74. The molecule has 0 amide bonds. The van der Waals surface area contributed by atoms with Crippen LogP contribution in [0, 0.1) is 11.3 Å². The quantitative estimate of drug-likeness (QED) is 0.762. The Balaban J connectivity index is 2.99. The van der Waals surface area contributed by atoms with E-state index in [4.69, 9.17) is 10.4 Å². The van der Waals surface area contributed by atoms with Crippen molar-refractivity contribution in [2.75, 3.05) is 0 Å². The van der Waals surface area contributed by atoms with E-state index in [0.29, 0.717) is 5.39 Å². The van der Waals surface area contributed by atoms with Crippen LogP contribution in [-0.2, 0) is 7.05 Å². The highest BCUT2D eigenvalue weighted by atomic mass is 16.4. The third-order valence-corrected chi connectivity index (χ3v) is 2.43. The molecule has 2 rings (SSSR count). The molecule has 4 heteroatoms. The van der Waals surface area contributed by atoms with E-state index in [-0.39, 0.29) is 11.3 Å². The summed E-state index contributed by atoms with van der Waals surface area (Å²) in [7, 11) is 1.69. The summed E-state index contributed by atoms with van der Waals surface area (Å²) < 4.78 is 1.60. The molecule has 2 aromatic rings. The monoisotopic (exact) mass is 200 g/mol. The van der Waals surface area contributed by atoms with E-state index >= 15 is 0 Å². The van der Waals surface area contributed by atoms with E-state index in [9.17, 15) is 4.79 Å². The zero-order valence-electron chi connectivity index (χ0n) is 8.06. The van der Waals surface area contributed by atoms with Crippen molar-refractivity contribution in [2.45, 2.75) is 0 Å². The number of hydrogen-bond donors (Lipinski definition) is 1. The molecule has 1 aromatic heterocycles. The molecule has 0 aliphatic rings. The first-order chi connectivity index (χ1) is 7.16. The fourth-order valence-corrected chi connectivity index (χ4v) is 1.74. The van der Waals surface area contributed by atoms with Crippen LogP contribution >= 0.6 is 0 Å². The van der Waals surface area contributed by atoms with Gasteiger partial charge in [-0.25, -0.2) is 4.79 Å². The standard InChI is InChI=1S/C11H8N2O2/c1-13-8-5-3-2-4-7(8)10(11(14)15)9(13)6-12/h2-5H,1H3,(H,14,15). The number of nitrogens with zero attached hydrogens (tertiary/aromatic N) is 2. The van der Waals surface area contributed by atoms with E-state index in [1.54, 1.807) is 29.8 Å². The molecule has 15 heavy (non-hydrogen) atoms. The summed E-state index contributed by atoms with van der Waals surface area (Å²) >= 11 is 0. The van der Waals surface area contributed by atoms with Gasteiger partial charge in [-0.05, 0) is 6.07 Å². The second-order valence-electron chi connectivity index (χ2n) is 3.22. The van der Waals surface area contributed by atoms with Crippen LogP contribution in [0.3, 0.4) is 0 Å². The number of rotatable bonds is 1. The molecule has 0 saturated heterocycles. The van der Waals surface area contributed by atoms with Gasteiger partial charge in [0.25, 0.3) is 0 Å². The molecule has 0 spiro atoms. The van der Waals surface area contributed by atoms with Gasteiger partial charge >= 0.3 is 5.97 Å². The lowest BCUT2D eigenvalue weighted by atomic mass is 10.1. The third-order valence-electron chi connectivity index (χ3n) is 2.43. The van der Waals surface area contributed by atoms with Gasteiger partial charge in [0.2, 0.25) is 0 Å². The molecule has 0 unspecified atom stereocenters. The fraction of sp³-hybridized carbons (Fsp3) is 0.0909. The van der Waals surface area contributed by atoms with Gasteiger partial charge < -0.3 is 9.67 Å². The van der Waals surface area contributed by atoms with Crippen molar-refractivity contribution in [2.24, 2.45) is 7.05 Å². The number of carboxylic acids is 1. The SMILES string of the molecule is Cn1c(C#N)c(C(=O)O)c2ccccc21. The Bertz CT molecular complexity index is 590. The summed E-state index contributed by atoms with van der Waals surface area (Å²) in [4.78, 5) is 11.0. The van der Waals surface area contributed by atoms with E-state index in [2.05, 4.69) is 0 Å². The molecule has 0 radical (unpaired) electrons. The van der Waals surface area contributed by atoms with Crippen LogP contribution in [0.2, 0.25) is 0 Å². The summed E-state index contributed by atoms with van der Waals surface area (Å²) in [5.74, 6) is -1.07. The lowest BCUT2D eigenvalue weighted by Crippen LogP contribution is -2.00. The van der Waals surface area contributed by atoms with Gasteiger partial charge in [0.05, 0.1) is 0 Å². The smallest absolute Gasteiger partial charge is 0.339 e. The predicted octanol–water partition coefficient (Wildman–Crippen LogP) is 1.75. The van der Waals surface area contributed by atoms with Crippen molar-refractivity contribution in [3.63, 3.8) is 0 Å². The Morgan fingerprint density at radius 1 is 1.47 bits per heavy atom. The summed E-state index contributed by atoms with van der Waals surface area (Å²) in [5, 5.41) is 18.6. The minimum absolute atomic E-state index is 0.0793. The molecule has 74 valence electrons. The number of aromatic carboxylic acids is 1. The highest BCUT2D eigenvalue weighted by Gasteiger charge is 2.19. The number of benzene rings is 1. The first kappa shape index (κ1) is 9.28. The van der Waals surface area contributed by atoms with E-state index in [1.165, 1.54) is 0 Å². The summed E-state index contributed by atoms with van der Waals surface area (Å²) in [6, 6.07) is 8.99. The van der Waals surface area contributed by atoms with Crippen LogP contribution < -0.4 is 0 Å². The second-order valence-corrected chi connectivity index (χ2v) is 3.22. The first-order valence-corrected chi connectivity index (χ1v) is 4.37. The minimum atomic E-state index is -1.07. The highest BCUT2D eigenvalue weighted by molar-refractivity contribution is 6.05. The molecule has 4 nitrogen and oxygen atoms in total. The molecule has 0 bridgehead atoms. The number of nitriles is 1. The number of aromatic nitrogens is 1. The summed E-state index contributed by atoms with van der Waals surface area (Å²) in [5.41, 5.74) is 1.02. The molecule has 1 heterocycles. The van der Waals surface area contributed by atoms with Gasteiger partial charge in [0.1, 0.15) is 17.3 Å². The van der Waals surface area contributed by atoms with Crippen LogP contribution in [0.5, 0.6) is 0 Å². The van der Waals surface area contributed by atoms with Crippen molar-refractivity contribution < 1.29 is 9.90 Å². The Kier molecular flexibility index (Phi) is 1.94. The van der Waals surface area contributed by atoms with Gasteiger partial charge in [-0.15, -0.1) is 0 Å². The highest BCUT2D eigenvalue weighted by Crippen LogP contribution is 2.24. The molecular weight excluding hydrogens is 192 g/mol. The molecular formula is C11H8N2O2. The third kappa shape index (κ3) is 1.17. The van der Waals surface area contributed by atoms with Crippen LogP contribution in [0.1, 0.15) is 16.1 Å². The van der Waals surface area contributed by atoms with Crippen LogP contribution in [-0.4, -0.2) is 15.6 Å². The lowest BCUT2D eigenvalue weighted by molar-refractivity contribution is 0.0698. The van der Waals surface area contributed by atoms with Gasteiger partial charge in [-0.2, -0.15) is 5.26 Å². The number of carboxylic acid groups (broad SMARTS) is 1. The Labute approximate surface area is 86.0 Å². The maximum atomic E-state index is 11.0. The molecule has 0 atom stereocenters. The molecule has 1 N–H and O–H groups in total. The maximum absolute atomic E-state index is 11.0. The molecule has 0 fully saturated rings. The Hall–Kier alpha value is -2.28. The van der Waals surface area contributed by atoms with Crippen molar-refractivity contribution >= 4 is 16.9 Å². The molecule has 0 saturated carbocycles. The van der Waals surface area contributed by atoms with E-state index in [1.807, 2.05) is 12.1 Å². The van der Waals surface area contributed by atoms with Crippen LogP contribution in [0.15, 0.2) is 24.3 Å². The Morgan fingerprint density at radius 2 is 2.13 bits per heavy atom. The van der Waals surface area contributed by atoms with Crippen molar-refractivity contribution in [1.29, 1.82) is 5.26 Å². The first-order valence-electron chi connectivity index (χ1n) is 4.37. The molecule has 0 aliphatic heterocycles. The zero-order chi connectivity index (χ0) is 11.0. The van der Waals surface area contributed by atoms with E-state index < -0.39 is 5.97 Å². The number of carbonyl (C=O) groups is 1. The average Bonchev–Trinajstić information content (AvgIpc) is 2.52. The second kappa shape index (κ2) is 3.14. The number of para-hydroxylation sites is 1. The van der Waals surface area contributed by atoms with E-state index in [0.717, 1.165) is 5.52 Å². The largest absolute Gasteiger partial charge is 0.478 e.